The first-order chi connectivity index (χ1) is 17.5. The smallest absolute Gasteiger partial charge is 0.444 e. The van der Waals surface area contributed by atoms with Crippen molar-refractivity contribution >= 4 is 16.1 Å². The van der Waals surface area contributed by atoms with Crippen molar-refractivity contribution in [3.8, 4) is 0 Å². The molecule has 1 amide bonds. The van der Waals surface area contributed by atoms with Crippen LogP contribution in [0.15, 0.2) is 24.4 Å². The van der Waals surface area contributed by atoms with Crippen LogP contribution in [0.3, 0.4) is 0 Å². The van der Waals surface area contributed by atoms with Gasteiger partial charge in [-0.3, -0.25) is 9.80 Å². The van der Waals surface area contributed by atoms with Gasteiger partial charge in [0.1, 0.15) is 17.2 Å². The Morgan fingerprint density at radius 1 is 1.16 bits per heavy atom. The van der Waals surface area contributed by atoms with Crippen molar-refractivity contribution in [2.45, 2.75) is 69.5 Å². The van der Waals surface area contributed by atoms with E-state index in [-0.39, 0.29) is 40.9 Å². The molecule has 9 nitrogen and oxygen atoms in total. The van der Waals surface area contributed by atoms with E-state index in [0.29, 0.717) is 12.1 Å². The fraction of sp³-hybridized carbons (Fsp3) is 0.565. The Morgan fingerprint density at radius 3 is 2.45 bits per heavy atom. The maximum atomic E-state index is 14.8. The molecule has 0 radical (unpaired) electrons. The summed E-state index contributed by atoms with van der Waals surface area (Å²) in [5.74, 6) is -1.28. The first-order valence-corrected chi connectivity index (χ1v) is 13.2. The number of benzene rings is 1. The number of nitrogens with zero attached hydrogens (tertiary/aromatic N) is 4. The molecule has 1 N–H and O–H groups in total. The van der Waals surface area contributed by atoms with Gasteiger partial charge in [0.05, 0.1) is 17.8 Å². The number of hydrogen-bond donors (Lipinski definition) is 1. The predicted molar refractivity (Wildman–Crippen MR) is 125 cm³/mol. The molecule has 15 heteroatoms. The molecule has 3 atom stereocenters. The number of aromatic nitrogens is 2. The normalized spacial score (nSPS) is 23.3. The Hall–Kier alpha value is -2.78. The highest BCUT2D eigenvalue weighted by atomic mass is 32.2. The minimum Gasteiger partial charge on any atom is -0.444 e. The third-order valence-corrected chi connectivity index (χ3v) is 7.76. The van der Waals surface area contributed by atoms with Crippen LogP contribution in [0.25, 0.3) is 0 Å². The van der Waals surface area contributed by atoms with E-state index in [1.54, 1.807) is 32.7 Å². The monoisotopic (exact) mass is 565 g/mol. The van der Waals surface area contributed by atoms with Gasteiger partial charge in [-0.2, -0.15) is 30.8 Å². The lowest BCUT2D eigenvalue weighted by molar-refractivity contribution is -0.0450. The maximum absolute atomic E-state index is 14.8. The number of alkyl halides is 3. The summed E-state index contributed by atoms with van der Waals surface area (Å²) in [6.07, 6.45) is 0.387. The van der Waals surface area contributed by atoms with Crippen LogP contribution in [0.5, 0.6) is 0 Å². The van der Waals surface area contributed by atoms with Crippen LogP contribution < -0.4 is 5.32 Å². The van der Waals surface area contributed by atoms with E-state index in [4.69, 9.17) is 4.74 Å². The van der Waals surface area contributed by atoms with Gasteiger partial charge in [0, 0.05) is 43.0 Å². The van der Waals surface area contributed by atoms with Crippen LogP contribution in [0.4, 0.5) is 26.7 Å². The van der Waals surface area contributed by atoms with Gasteiger partial charge in [-0.25, -0.2) is 13.6 Å². The summed E-state index contributed by atoms with van der Waals surface area (Å²) in [4.78, 5) is 16.3. The van der Waals surface area contributed by atoms with E-state index < -0.39 is 50.9 Å². The summed E-state index contributed by atoms with van der Waals surface area (Å²) in [5.41, 5.74) is -5.71. The van der Waals surface area contributed by atoms with E-state index in [1.807, 2.05) is 4.90 Å². The van der Waals surface area contributed by atoms with Crippen LogP contribution in [-0.4, -0.2) is 70.3 Å². The number of halogens is 5. The van der Waals surface area contributed by atoms with Crippen LogP contribution in [0.1, 0.15) is 50.1 Å². The number of piperidine rings is 1. The Labute approximate surface area is 216 Å². The lowest BCUT2D eigenvalue weighted by atomic mass is 9.87. The number of rotatable bonds is 4. The number of carbonyl (C=O) groups excluding carboxylic acids is 1. The highest BCUT2D eigenvalue weighted by Crippen LogP contribution is 2.37. The number of hydrogen-bond acceptors (Lipinski definition) is 7. The first-order valence-electron chi connectivity index (χ1n) is 11.7. The molecule has 1 saturated heterocycles. The molecule has 210 valence electrons. The Balaban J connectivity index is 1.57. The van der Waals surface area contributed by atoms with Gasteiger partial charge < -0.3 is 10.1 Å². The fourth-order valence-electron chi connectivity index (χ4n) is 4.95. The van der Waals surface area contributed by atoms with Gasteiger partial charge in [-0.05, 0) is 52.4 Å². The molecule has 2 aromatic rings. The molecule has 1 fully saturated rings. The topological polar surface area (TPSA) is 96.8 Å². The van der Waals surface area contributed by atoms with Crippen molar-refractivity contribution in [2.24, 2.45) is 0 Å². The average molecular weight is 566 g/mol. The standard InChI is InChI=1S/C23H28F5N5O4S/c1-22(2,3)37-21(34)29-18-8-15(11-31(4)20(18)16-7-14(24)5-6-17(16)25)32-9-13-10-33(30-19(13)12-32)38(35,36)23(26,27)28/h5-7,10,15,18,20H,8-9,11-12H2,1-4H3,(H,29,34)/t15-,18+,20?/m1/s1. The molecule has 38 heavy (non-hydrogen) atoms. The van der Waals surface area contributed by atoms with Crippen LogP contribution in [0.2, 0.25) is 0 Å². The summed E-state index contributed by atoms with van der Waals surface area (Å²) in [5, 5.41) is 6.43. The van der Waals surface area contributed by atoms with Crippen LogP contribution in [0, 0.1) is 11.6 Å². The van der Waals surface area contributed by atoms with Gasteiger partial charge in [0.25, 0.3) is 0 Å². The molecular formula is C23H28F5N5O4S. The summed E-state index contributed by atoms with van der Waals surface area (Å²) in [7, 11) is -3.95. The van der Waals surface area contributed by atoms with E-state index in [1.165, 1.54) is 0 Å². The van der Waals surface area contributed by atoms with Crippen molar-refractivity contribution in [3.63, 3.8) is 0 Å². The lowest BCUT2D eigenvalue weighted by Gasteiger charge is -2.46. The van der Waals surface area contributed by atoms with E-state index in [0.717, 1.165) is 24.4 Å². The third-order valence-electron chi connectivity index (χ3n) is 6.50. The minimum atomic E-state index is -5.64. The van der Waals surface area contributed by atoms with Crippen LogP contribution >= 0.6 is 0 Å². The number of fused-ring (bicyclic) bond motifs is 1. The predicted octanol–water partition coefficient (Wildman–Crippen LogP) is 3.51. The number of likely N-dealkylation sites (N-methyl/N-ethyl adjacent to an activating group) is 1. The average Bonchev–Trinajstić information content (AvgIpc) is 3.33. The van der Waals surface area contributed by atoms with E-state index in [2.05, 4.69) is 10.4 Å². The zero-order valence-corrected chi connectivity index (χ0v) is 21.9. The van der Waals surface area contributed by atoms with Gasteiger partial charge in [0.15, 0.2) is 0 Å². The largest absolute Gasteiger partial charge is 0.518 e. The molecule has 3 heterocycles. The minimum absolute atomic E-state index is 0.0579. The molecular weight excluding hydrogens is 537 g/mol. The van der Waals surface area contributed by atoms with Crippen molar-refractivity contribution in [3.05, 3.63) is 52.9 Å². The number of carbonyl (C=O) groups is 1. The van der Waals surface area contributed by atoms with Gasteiger partial charge >= 0.3 is 21.6 Å². The second kappa shape index (κ2) is 9.75. The second-order valence-corrected chi connectivity index (χ2v) is 12.3. The van der Waals surface area contributed by atoms with Crippen molar-refractivity contribution in [2.75, 3.05) is 13.6 Å². The molecule has 4 rings (SSSR count). The third kappa shape index (κ3) is 5.64. The van der Waals surface area contributed by atoms with Gasteiger partial charge in [0.2, 0.25) is 0 Å². The van der Waals surface area contributed by atoms with Crippen molar-refractivity contribution in [1.29, 1.82) is 0 Å². The summed E-state index contributed by atoms with van der Waals surface area (Å²) < 4.78 is 96.3. The van der Waals surface area contributed by atoms with Gasteiger partial charge in [-0.1, -0.05) is 0 Å². The number of alkyl carbamates (subject to hydrolysis) is 1. The Bertz CT molecular complexity index is 1300. The fourth-order valence-corrected chi connectivity index (χ4v) is 5.63. The van der Waals surface area contributed by atoms with E-state index in [9.17, 15) is 35.2 Å². The Kier molecular flexibility index (Phi) is 7.25. The van der Waals surface area contributed by atoms with Crippen molar-refractivity contribution < 1.29 is 39.9 Å². The van der Waals surface area contributed by atoms with Crippen LogP contribution in [-0.2, 0) is 27.8 Å². The lowest BCUT2D eigenvalue weighted by Crippen LogP contribution is -2.57. The second-order valence-electron chi connectivity index (χ2n) is 10.5. The van der Waals surface area contributed by atoms with Crippen molar-refractivity contribution in [1.82, 2.24) is 24.3 Å². The maximum Gasteiger partial charge on any atom is 0.518 e. The molecule has 0 spiro atoms. The highest BCUT2D eigenvalue weighted by molar-refractivity contribution is 7.90. The molecule has 2 aliphatic rings. The molecule has 1 aromatic heterocycles. The number of amides is 1. The molecule has 2 aliphatic heterocycles. The number of nitrogens with one attached hydrogen (secondary N) is 1. The molecule has 1 aromatic carbocycles. The molecule has 1 unspecified atom stereocenters. The number of ether oxygens (including phenoxy) is 1. The van der Waals surface area contributed by atoms with Gasteiger partial charge in [-0.15, -0.1) is 0 Å². The number of likely N-dealkylation sites (tertiary alicyclic amines) is 1. The zero-order chi connectivity index (χ0) is 28.2. The molecule has 0 saturated carbocycles. The molecule has 0 bridgehead atoms. The summed E-state index contributed by atoms with van der Waals surface area (Å²) in [6.45, 7) is 5.60. The first kappa shape index (κ1) is 28.2. The summed E-state index contributed by atoms with van der Waals surface area (Å²) >= 11 is 0. The zero-order valence-electron chi connectivity index (χ0n) is 21.1. The van der Waals surface area contributed by atoms with E-state index >= 15 is 0 Å². The Morgan fingerprint density at radius 2 is 1.84 bits per heavy atom. The summed E-state index contributed by atoms with van der Waals surface area (Å²) in [6, 6.07) is 1.36. The highest BCUT2D eigenvalue weighted by Gasteiger charge is 2.49. The SMILES string of the molecule is CN1C[C@H](N2Cc3cn(S(=O)(=O)C(F)(F)F)nc3C2)C[C@H](NC(=O)OC(C)(C)C)C1c1cc(F)ccc1F. The quantitative estimate of drug-likeness (QED) is 0.567. The molecule has 0 aliphatic carbocycles.